The molecule has 1 N–H and O–H groups in total. The predicted molar refractivity (Wildman–Crippen MR) is 78.5 cm³/mol. The topological polar surface area (TPSA) is 67.5 Å². The first-order valence-electron chi connectivity index (χ1n) is 6.83. The Bertz CT molecular complexity index is 587. The molecule has 0 aliphatic rings. The van der Waals surface area contributed by atoms with E-state index >= 15 is 0 Å². The maximum absolute atomic E-state index is 12.4. The van der Waals surface area contributed by atoms with E-state index in [2.05, 4.69) is 0 Å². The van der Waals surface area contributed by atoms with E-state index in [9.17, 15) is 10.0 Å². The maximum atomic E-state index is 12.4. The van der Waals surface area contributed by atoms with E-state index in [0.29, 0.717) is 23.3 Å². The van der Waals surface area contributed by atoms with Gasteiger partial charge in [0, 0.05) is 19.2 Å². The molecular formula is C16H18N2O3. The van der Waals surface area contributed by atoms with Gasteiger partial charge in [-0.05, 0) is 18.1 Å². The van der Waals surface area contributed by atoms with E-state index in [0.717, 1.165) is 5.56 Å². The molecule has 110 valence electrons. The average molecular weight is 286 g/mol. The first kappa shape index (κ1) is 15.0. The number of aliphatic hydroxyl groups is 1. The summed E-state index contributed by atoms with van der Waals surface area (Å²) in [5.41, 5.74) is 1.45. The summed E-state index contributed by atoms with van der Waals surface area (Å²) in [5, 5.41) is 20.4. The van der Waals surface area contributed by atoms with Crippen molar-refractivity contribution in [3.05, 3.63) is 71.2 Å². The lowest BCUT2D eigenvalue weighted by Gasteiger charge is -2.21. The number of rotatable bonds is 6. The van der Waals surface area contributed by atoms with Crippen LogP contribution in [-0.4, -0.2) is 35.6 Å². The summed E-state index contributed by atoms with van der Waals surface area (Å²) < 4.78 is 0.599. The van der Waals surface area contributed by atoms with E-state index < -0.39 is 0 Å². The molecule has 0 aliphatic heterocycles. The zero-order valence-corrected chi connectivity index (χ0v) is 11.7. The van der Waals surface area contributed by atoms with Crippen LogP contribution in [0, 0.1) is 5.21 Å². The number of nitrogens with zero attached hydrogens (tertiary/aromatic N) is 2. The van der Waals surface area contributed by atoms with Crippen LogP contribution >= 0.6 is 0 Å². The third-order valence-electron chi connectivity index (χ3n) is 3.19. The molecule has 0 bridgehead atoms. The summed E-state index contributed by atoms with van der Waals surface area (Å²) in [5.74, 6) is -0.245. The smallest absolute Gasteiger partial charge is 0.260 e. The molecule has 0 saturated heterocycles. The monoisotopic (exact) mass is 286 g/mol. The highest BCUT2D eigenvalue weighted by molar-refractivity contribution is 5.93. The molecule has 5 nitrogen and oxygen atoms in total. The summed E-state index contributed by atoms with van der Waals surface area (Å²) in [6.07, 6.45) is 3.28. The molecule has 1 aromatic carbocycles. The zero-order valence-electron chi connectivity index (χ0n) is 11.7. The molecule has 0 aliphatic carbocycles. The van der Waals surface area contributed by atoms with Crippen molar-refractivity contribution >= 4 is 5.91 Å². The second-order valence-corrected chi connectivity index (χ2v) is 4.70. The number of carbonyl (C=O) groups excluding carboxylic acids is 1. The Morgan fingerprint density at radius 3 is 2.57 bits per heavy atom. The van der Waals surface area contributed by atoms with Crippen molar-refractivity contribution in [3.8, 4) is 0 Å². The number of hydrogen-bond donors (Lipinski definition) is 1. The summed E-state index contributed by atoms with van der Waals surface area (Å²) in [4.78, 5) is 13.9. The van der Waals surface area contributed by atoms with Crippen LogP contribution in [-0.2, 0) is 6.42 Å². The van der Waals surface area contributed by atoms with Gasteiger partial charge in [-0.3, -0.25) is 4.79 Å². The largest absolute Gasteiger partial charge is 0.619 e. The normalized spacial score (nSPS) is 10.3. The maximum Gasteiger partial charge on any atom is 0.260 e. The van der Waals surface area contributed by atoms with Gasteiger partial charge in [0.1, 0.15) is 5.56 Å². The molecule has 21 heavy (non-hydrogen) atoms. The third-order valence-corrected chi connectivity index (χ3v) is 3.19. The molecule has 1 aromatic heterocycles. The lowest BCUT2D eigenvalue weighted by atomic mass is 10.1. The van der Waals surface area contributed by atoms with E-state index in [4.69, 9.17) is 5.11 Å². The Hall–Kier alpha value is -2.40. The van der Waals surface area contributed by atoms with Gasteiger partial charge in [0.15, 0.2) is 12.4 Å². The van der Waals surface area contributed by atoms with Crippen molar-refractivity contribution in [2.45, 2.75) is 6.42 Å². The SMILES string of the molecule is O=C(c1ccc[n+]([O-])c1)N(CCO)CCc1ccccc1. The highest BCUT2D eigenvalue weighted by atomic mass is 16.5. The fraction of sp³-hybridized carbons (Fsp3) is 0.250. The van der Waals surface area contributed by atoms with Crippen LogP contribution in [0.3, 0.4) is 0 Å². The molecule has 0 unspecified atom stereocenters. The highest BCUT2D eigenvalue weighted by Gasteiger charge is 2.17. The molecular weight excluding hydrogens is 268 g/mol. The summed E-state index contributed by atoms with van der Waals surface area (Å²) in [6.45, 7) is 0.640. The number of aromatic nitrogens is 1. The number of hydrogen-bond acceptors (Lipinski definition) is 3. The average Bonchev–Trinajstić information content (AvgIpc) is 2.52. The molecule has 2 rings (SSSR count). The molecule has 5 heteroatoms. The van der Waals surface area contributed by atoms with Crippen molar-refractivity contribution < 1.29 is 14.6 Å². The molecule has 0 saturated carbocycles. The van der Waals surface area contributed by atoms with Crippen molar-refractivity contribution in [1.29, 1.82) is 0 Å². The number of carbonyl (C=O) groups is 1. The minimum atomic E-state index is -0.245. The molecule has 1 heterocycles. The van der Waals surface area contributed by atoms with Crippen LogP contribution in [0.2, 0.25) is 0 Å². The molecule has 0 fully saturated rings. The standard InChI is InChI=1S/C16H18N2O3/c19-12-11-17(10-8-14-5-2-1-3-6-14)16(20)15-7-4-9-18(21)13-15/h1-7,9,13,19H,8,10-12H2. The van der Waals surface area contributed by atoms with Crippen LogP contribution in [0.25, 0.3) is 0 Å². The number of aliphatic hydroxyl groups excluding tert-OH is 1. The lowest BCUT2D eigenvalue weighted by molar-refractivity contribution is -0.605. The van der Waals surface area contributed by atoms with Gasteiger partial charge in [-0.25, -0.2) is 0 Å². The van der Waals surface area contributed by atoms with E-state index in [1.807, 2.05) is 30.3 Å². The molecule has 0 atom stereocenters. The quantitative estimate of drug-likeness (QED) is 0.636. The number of pyridine rings is 1. The van der Waals surface area contributed by atoms with Crippen molar-refractivity contribution in [1.82, 2.24) is 4.90 Å². The van der Waals surface area contributed by atoms with Gasteiger partial charge in [0.2, 0.25) is 0 Å². The zero-order chi connectivity index (χ0) is 15.1. The van der Waals surface area contributed by atoms with Crippen molar-refractivity contribution in [2.75, 3.05) is 19.7 Å². The first-order valence-corrected chi connectivity index (χ1v) is 6.83. The van der Waals surface area contributed by atoms with Crippen LogP contribution in [0.15, 0.2) is 54.9 Å². The Kier molecular flexibility index (Phi) is 5.29. The fourth-order valence-corrected chi connectivity index (χ4v) is 2.11. The Morgan fingerprint density at radius 2 is 1.90 bits per heavy atom. The fourth-order valence-electron chi connectivity index (χ4n) is 2.11. The molecule has 2 aromatic rings. The van der Waals surface area contributed by atoms with Crippen LogP contribution in [0.1, 0.15) is 15.9 Å². The minimum Gasteiger partial charge on any atom is -0.619 e. The highest BCUT2D eigenvalue weighted by Crippen LogP contribution is 2.06. The van der Waals surface area contributed by atoms with Gasteiger partial charge in [0.05, 0.1) is 6.61 Å². The Balaban J connectivity index is 2.06. The summed E-state index contributed by atoms with van der Waals surface area (Å²) in [6, 6.07) is 13.0. The van der Waals surface area contributed by atoms with Gasteiger partial charge in [-0.2, -0.15) is 4.73 Å². The van der Waals surface area contributed by atoms with Crippen LogP contribution in [0.4, 0.5) is 0 Å². The van der Waals surface area contributed by atoms with Crippen molar-refractivity contribution in [2.24, 2.45) is 0 Å². The van der Waals surface area contributed by atoms with Crippen LogP contribution in [0.5, 0.6) is 0 Å². The number of amides is 1. The second-order valence-electron chi connectivity index (χ2n) is 4.70. The van der Waals surface area contributed by atoms with E-state index in [1.54, 1.807) is 11.0 Å². The Labute approximate surface area is 123 Å². The van der Waals surface area contributed by atoms with Crippen LogP contribution < -0.4 is 4.73 Å². The first-order chi connectivity index (χ1) is 10.2. The van der Waals surface area contributed by atoms with Gasteiger partial charge in [0.25, 0.3) is 5.91 Å². The second kappa shape index (κ2) is 7.40. The summed E-state index contributed by atoms with van der Waals surface area (Å²) in [7, 11) is 0. The Morgan fingerprint density at radius 1 is 1.14 bits per heavy atom. The number of benzene rings is 1. The molecule has 1 amide bonds. The van der Waals surface area contributed by atoms with E-state index in [-0.39, 0.29) is 19.1 Å². The van der Waals surface area contributed by atoms with Gasteiger partial charge in [-0.1, -0.05) is 30.3 Å². The van der Waals surface area contributed by atoms with Gasteiger partial charge >= 0.3 is 0 Å². The lowest BCUT2D eigenvalue weighted by Crippen LogP contribution is -2.37. The summed E-state index contributed by atoms with van der Waals surface area (Å²) >= 11 is 0. The molecule has 0 radical (unpaired) electrons. The van der Waals surface area contributed by atoms with Crippen molar-refractivity contribution in [3.63, 3.8) is 0 Å². The van der Waals surface area contributed by atoms with Gasteiger partial charge < -0.3 is 15.2 Å². The minimum absolute atomic E-state index is 0.106. The van der Waals surface area contributed by atoms with Gasteiger partial charge in [-0.15, -0.1) is 0 Å². The molecule has 0 spiro atoms. The third kappa shape index (κ3) is 4.29. The van der Waals surface area contributed by atoms with E-state index in [1.165, 1.54) is 18.5 Å². The predicted octanol–water partition coefficient (Wildman–Crippen LogP) is 0.997.